The van der Waals surface area contributed by atoms with Crippen LogP contribution in [0.2, 0.25) is 0 Å². The largest absolute Gasteiger partial charge is 0.368 e. The fraction of sp³-hybridized carbons (Fsp3) is 0.308. The molecule has 0 radical (unpaired) electrons. The lowest BCUT2D eigenvalue weighted by molar-refractivity contribution is -0.384. The predicted molar refractivity (Wildman–Crippen MR) is 73.5 cm³/mol. The van der Waals surface area contributed by atoms with Gasteiger partial charge in [0.2, 0.25) is 0 Å². The summed E-state index contributed by atoms with van der Waals surface area (Å²) in [4.78, 5) is 17.0. The van der Waals surface area contributed by atoms with E-state index in [4.69, 9.17) is 0 Å². The van der Waals surface area contributed by atoms with E-state index in [9.17, 15) is 10.1 Å². The van der Waals surface area contributed by atoms with Gasteiger partial charge in [-0.3, -0.25) is 15.1 Å². The molecule has 2 heterocycles. The molecule has 3 rings (SSSR count). The van der Waals surface area contributed by atoms with Crippen molar-refractivity contribution in [1.82, 2.24) is 10.3 Å². The highest BCUT2D eigenvalue weighted by atomic mass is 16.6. The van der Waals surface area contributed by atoms with Crippen LogP contribution in [0.15, 0.2) is 30.5 Å². The number of hydrogen-bond acceptors (Lipinski definition) is 5. The molecule has 2 aromatic rings. The minimum atomic E-state index is -0.367. The second-order valence-corrected chi connectivity index (χ2v) is 4.53. The van der Waals surface area contributed by atoms with Gasteiger partial charge in [-0.2, -0.15) is 0 Å². The first-order chi connectivity index (χ1) is 9.25. The third-order valence-electron chi connectivity index (χ3n) is 3.37. The molecule has 0 unspecified atom stereocenters. The van der Waals surface area contributed by atoms with Crippen molar-refractivity contribution in [2.75, 3.05) is 31.1 Å². The summed E-state index contributed by atoms with van der Waals surface area (Å²) >= 11 is 0. The Bertz CT molecular complexity index is 623. The van der Waals surface area contributed by atoms with E-state index in [1.165, 1.54) is 6.07 Å². The molecule has 1 N–H and O–H groups in total. The SMILES string of the molecule is O=[N+]([O-])c1ccc2nccc(N3CCNCC3)c2c1. The Morgan fingerprint density at radius 3 is 2.79 bits per heavy atom. The first-order valence-corrected chi connectivity index (χ1v) is 6.24. The Morgan fingerprint density at radius 2 is 2.05 bits per heavy atom. The monoisotopic (exact) mass is 258 g/mol. The number of nitro groups is 1. The van der Waals surface area contributed by atoms with Crippen molar-refractivity contribution in [3.63, 3.8) is 0 Å². The number of nitrogens with zero attached hydrogens (tertiary/aromatic N) is 3. The summed E-state index contributed by atoms with van der Waals surface area (Å²) in [6.07, 6.45) is 1.76. The molecule has 0 amide bonds. The molecular formula is C13H14N4O2. The first kappa shape index (κ1) is 11.9. The maximum absolute atomic E-state index is 10.9. The molecular weight excluding hydrogens is 244 g/mol. The van der Waals surface area contributed by atoms with Gasteiger partial charge in [0.05, 0.1) is 10.4 Å². The number of nitro benzene ring substituents is 1. The summed E-state index contributed by atoms with van der Waals surface area (Å²) in [7, 11) is 0. The number of hydrogen-bond donors (Lipinski definition) is 1. The van der Waals surface area contributed by atoms with Crippen LogP contribution in [-0.4, -0.2) is 36.1 Å². The molecule has 0 saturated carbocycles. The Balaban J connectivity index is 2.11. The molecule has 0 aliphatic carbocycles. The number of anilines is 1. The minimum Gasteiger partial charge on any atom is -0.368 e. The number of aromatic nitrogens is 1. The number of rotatable bonds is 2. The van der Waals surface area contributed by atoms with E-state index >= 15 is 0 Å². The molecule has 98 valence electrons. The lowest BCUT2D eigenvalue weighted by Gasteiger charge is -2.30. The topological polar surface area (TPSA) is 71.3 Å². The molecule has 19 heavy (non-hydrogen) atoms. The van der Waals surface area contributed by atoms with Crippen LogP contribution in [0.5, 0.6) is 0 Å². The predicted octanol–water partition coefficient (Wildman–Crippen LogP) is 1.55. The van der Waals surface area contributed by atoms with Crippen LogP contribution in [0.4, 0.5) is 11.4 Å². The van der Waals surface area contributed by atoms with Crippen LogP contribution in [0, 0.1) is 10.1 Å². The van der Waals surface area contributed by atoms with E-state index in [2.05, 4.69) is 15.2 Å². The van der Waals surface area contributed by atoms with Crippen molar-refractivity contribution < 1.29 is 4.92 Å². The van der Waals surface area contributed by atoms with Gasteiger partial charge < -0.3 is 10.2 Å². The van der Waals surface area contributed by atoms with Crippen molar-refractivity contribution in [3.8, 4) is 0 Å². The first-order valence-electron chi connectivity index (χ1n) is 6.24. The highest BCUT2D eigenvalue weighted by molar-refractivity contribution is 5.93. The summed E-state index contributed by atoms with van der Waals surface area (Å²) in [6.45, 7) is 3.67. The Hall–Kier alpha value is -2.21. The zero-order valence-corrected chi connectivity index (χ0v) is 10.4. The summed E-state index contributed by atoms with van der Waals surface area (Å²) in [5.41, 5.74) is 1.92. The van der Waals surface area contributed by atoms with E-state index in [-0.39, 0.29) is 10.6 Å². The highest BCUT2D eigenvalue weighted by Crippen LogP contribution is 2.28. The van der Waals surface area contributed by atoms with Gasteiger partial charge in [0.1, 0.15) is 0 Å². The maximum Gasteiger partial charge on any atom is 0.270 e. The molecule has 6 heteroatoms. The van der Waals surface area contributed by atoms with Gasteiger partial charge in [-0.15, -0.1) is 0 Å². The third kappa shape index (κ3) is 2.22. The Morgan fingerprint density at radius 1 is 1.26 bits per heavy atom. The number of fused-ring (bicyclic) bond motifs is 1. The maximum atomic E-state index is 10.9. The summed E-state index contributed by atoms with van der Waals surface area (Å²) in [5.74, 6) is 0. The number of pyridine rings is 1. The van der Waals surface area contributed by atoms with Crippen LogP contribution in [-0.2, 0) is 0 Å². The fourth-order valence-electron chi connectivity index (χ4n) is 2.41. The molecule has 1 aliphatic heterocycles. The fourth-order valence-corrected chi connectivity index (χ4v) is 2.41. The molecule has 1 aromatic carbocycles. The zero-order chi connectivity index (χ0) is 13.2. The number of non-ortho nitro benzene ring substituents is 1. The van der Waals surface area contributed by atoms with Gasteiger partial charge in [-0.05, 0) is 12.1 Å². The third-order valence-corrected chi connectivity index (χ3v) is 3.37. The van der Waals surface area contributed by atoms with Crippen molar-refractivity contribution >= 4 is 22.3 Å². The van der Waals surface area contributed by atoms with E-state index in [0.29, 0.717) is 0 Å². The molecule has 1 aromatic heterocycles. The minimum absolute atomic E-state index is 0.108. The van der Waals surface area contributed by atoms with Crippen molar-refractivity contribution in [2.45, 2.75) is 0 Å². The van der Waals surface area contributed by atoms with E-state index in [1.54, 1.807) is 18.3 Å². The van der Waals surface area contributed by atoms with Crippen molar-refractivity contribution in [2.24, 2.45) is 0 Å². The average molecular weight is 258 g/mol. The molecule has 1 aliphatic rings. The lowest BCUT2D eigenvalue weighted by atomic mass is 10.1. The second kappa shape index (κ2) is 4.81. The zero-order valence-electron chi connectivity index (χ0n) is 10.4. The molecule has 0 atom stereocenters. The molecule has 0 spiro atoms. The molecule has 6 nitrogen and oxygen atoms in total. The number of piperazine rings is 1. The van der Waals surface area contributed by atoms with Crippen LogP contribution in [0.25, 0.3) is 10.9 Å². The van der Waals surface area contributed by atoms with Crippen LogP contribution < -0.4 is 10.2 Å². The second-order valence-electron chi connectivity index (χ2n) is 4.53. The van der Waals surface area contributed by atoms with E-state index < -0.39 is 0 Å². The Kier molecular flexibility index (Phi) is 3.00. The van der Waals surface area contributed by atoms with Crippen LogP contribution >= 0.6 is 0 Å². The molecule has 0 bridgehead atoms. The van der Waals surface area contributed by atoms with Crippen LogP contribution in [0.1, 0.15) is 0 Å². The smallest absolute Gasteiger partial charge is 0.270 e. The normalized spacial score (nSPS) is 15.7. The van der Waals surface area contributed by atoms with Gasteiger partial charge in [0.25, 0.3) is 5.69 Å². The quantitative estimate of drug-likeness (QED) is 0.653. The van der Waals surface area contributed by atoms with Crippen molar-refractivity contribution in [3.05, 3.63) is 40.6 Å². The van der Waals surface area contributed by atoms with Gasteiger partial charge in [-0.1, -0.05) is 0 Å². The van der Waals surface area contributed by atoms with Crippen molar-refractivity contribution in [1.29, 1.82) is 0 Å². The van der Waals surface area contributed by atoms with E-state index in [0.717, 1.165) is 42.8 Å². The molecule has 1 fully saturated rings. The number of nitrogens with one attached hydrogen (secondary N) is 1. The Labute approximate surface area is 110 Å². The van der Waals surface area contributed by atoms with Crippen LogP contribution in [0.3, 0.4) is 0 Å². The summed E-state index contributed by atoms with van der Waals surface area (Å²) in [6, 6.07) is 6.74. The summed E-state index contributed by atoms with van der Waals surface area (Å²) < 4.78 is 0. The van der Waals surface area contributed by atoms with Gasteiger partial charge in [0.15, 0.2) is 0 Å². The average Bonchev–Trinajstić information content (AvgIpc) is 2.47. The van der Waals surface area contributed by atoms with Gasteiger partial charge >= 0.3 is 0 Å². The van der Waals surface area contributed by atoms with Gasteiger partial charge in [0, 0.05) is 55.6 Å². The molecule has 1 saturated heterocycles. The summed E-state index contributed by atoms with van der Waals surface area (Å²) in [5, 5.41) is 15.0. The lowest BCUT2D eigenvalue weighted by Crippen LogP contribution is -2.43. The van der Waals surface area contributed by atoms with Gasteiger partial charge in [-0.25, -0.2) is 0 Å². The highest BCUT2D eigenvalue weighted by Gasteiger charge is 2.15. The standard InChI is InChI=1S/C13H14N4O2/c18-17(19)10-1-2-12-11(9-10)13(3-4-15-12)16-7-5-14-6-8-16/h1-4,9,14H,5-8H2. The number of benzene rings is 1. The van der Waals surface area contributed by atoms with E-state index in [1.807, 2.05) is 6.07 Å².